The molecule has 0 radical (unpaired) electrons. The summed E-state index contributed by atoms with van der Waals surface area (Å²) in [5.74, 6) is 2.35. The number of carbonyl (C=O) groups excluding carboxylic acids is 1. The van der Waals surface area contributed by atoms with Crippen LogP contribution in [0.1, 0.15) is 27.2 Å². The van der Waals surface area contributed by atoms with E-state index in [4.69, 9.17) is 4.74 Å². The minimum Gasteiger partial charge on any atom is -0.489 e. The highest BCUT2D eigenvalue weighted by molar-refractivity contribution is 5.77. The van der Waals surface area contributed by atoms with E-state index < -0.39 is 0 Å². The van der Waals surface area contributed by atoms with Crippen LogP contribution in [-0.2, 0) is 4.79 Å². The Balaban J connectivity index is 1.48. The molecule has 3 rings (SSSR count). The van der Waals surface area contributed by atoms with Crippen LogP contribution in [0.4, 0.5) is 0 Å². The van der Waals surface area contributed by atoms with Crippen LogP contribution < -0.4 is 4.74 Å². The van der Waals surface area contributed by atoms with Crippen molar-refractivity contribution in [1.29, 1.82) is 0 Å². The number of pyridine rings is 1. The summed E-state index contributed by atoms with van der Waals surface area (Å²) in [4.78, 5) is 18.3. The van der Waals surface area contributed by atoms with Crippen molar-refractivity contribution in [2.45, 2.75) is 33.3 Å². The van der Waals surface area contributed by atoms with Crippen molar-refractivity contribution in [3.05, 3.63) is 24.5 Å². The number of likely N-dealkylation sites (tertiary alicyclic amines) is 1. The summed E-state index contributed by atoms with van der Waals surface area (Å²) in [6.45, 7) is 8.40. The minimum absolute atomic E-state index is 0.114. The van der Waals surface area contributed by atoms with E-state index in [0.717, 1.165) is 18.8 Å². The molecule has 1 aliphatic carbocycles. The Morgan fingerprint density at radius 2 is 2.20 bits per heavy atom. The lowest BCUT2D eigenvalue weighted by molar-refractivity contribution is -0.132. The summed E-state index contributed by atoms with van der Waals surface area (Å²) in [5, 5.41) is 0. The predicted octanol–water partition coefficient (Wildman–Crippen LogP) is 2.35. The van der Waals surface area contributed by atoms with Gasteiger partial charge in [-0.05, 0) is 36.3 Å². The Hall–Kier alpha value is -1.58. The summed E-state index contributed by atoms with van der Waals surface area (Å²) < 4.78 is 5.71. The number of hydrogen-bond donors (Lipinski definition) is 0. The topological polar surface area (TPSA) is 42.4 Å². The standard InChI is InChI=1S/C16H22N2O2/c1-11(20-12-5-4-6-17-8-12)7-15(19)18-9-13-14(10-18)16(13,2)3/h4-6,8,11,13-14H,7,9-10H2,1-3H3/t11-,13?,14?/m1/s1. The first-order chi connectivity index (χ1) is 9.48. The molecule has 1 saturated carbocycles. The van der Waals surface area contributed by atoms with Gasteiger partial charge < -0.3 is 9.64 Å². The first-order valence-corrected chi connectivity index (χ1v) is 7.33. The van der Waals surface area contributed by atoms with Gasteiger partial charge in [-0.25, -0.2) is 0 Å². The van der Waals surface area contributed by atoms with E-state index in [1.807, 2.05) is 24.0 Å². The lowest BCUT2D eigenvalue weighted by Crippen LogP contribution is -2.35. The van der Waals surface area contributed by atoms with Crippen LogP contribution >= 0.6 is 0 Å². The molecule has 0 spiro atoms. The number of carbonyl (C=O) groups is 1. The molecular weight excluding hydrogens is 252 g/mol. The van der Waals surface area contributed by atoms with E-state index in [-0.39, 0.29) is 12.0 Å². The van der Waals surface area contributed by atoms with Crippen LogP contribution in [0, 0.1) is 17.3 Å². The van der Waals surface area contributed by atoms with Gasteiger partial charge in [-0.15, -0.1) is 0 Å². The van der Waals surface area contributed by atoms with Crippen LogP contribution in [0.3, 0.4) is 0 Å². The molecule has 0 N–H and O–H groups in total. The van der Waals surface area contributed by atoms with Gasteiger partial charge in [0.05, 0.1) is 12.6 Å². The van der Waals surface area contributed by atoms with Crippen LogP contribution in [0.15, 0.2) is 24.5 Å². The minimum atomic E-state index is -0.114. The normalized spacial score (nSPS) is 27.9. The summed E-state index contributed by atoms with van der Waals surface area (Å²) in [5.41, 5.74) is 0.453. The summed E-state index contributed by atoms with van der Waals surface area (Å²) in [6.07, 6.45) is 3.71. The molecule has 1 aliphatic heterocycles. The molecule has 2 aliphatic rings. The van der Waals surface area contributed by atoms with Crippen molar-refractivity contribution >= 4 is 5.91 Å². The number of piperidine rings is 1. The Morgan fingerprint density at radius 3 is 2.80 bits per heavy atom. The molecule has 3 atom stereocenters. The van der Waals surface area contributed by atoms with Gasteiger partial charge in [-0.1, -0.05) is 13.8 Å². The van der Waals surface area contributed by atoms with E-state index >= 15 is 0 Å². The number of amides is 1. The second-order valence-corrected chi connectivity index (χ2v) is 6.65. The van der Waals surface area contributed by atoms with E-state index in [1.54, 1.807) is 12.4 Å². The zero-order valence-electron chi connectivity index (χ0n) is 12.4. The number of ether oxygens (including phenoxy) is 1. The molecule has 0 bridgehead atoms. The number of fused-ring (bicyclic) bond motifs is 1. The van der Waals surface area contributed by atoms with Gasteiger partial charge in [0.25, 0.3) is 0 Å². The van der Waals surface area contributed by atoms with E-state index in [2.05, 4.69) is 18.8 Å². The zero-order chi connectivity index (χ0) is 14.3. The third kappa shape index (κ3) is 2.39. The molecule has 20 heavy (non-hydrogen) atoms. The molecule has 2 unspecified atom stereocenters. The molecule has 1 amide bonds. The second kappa shape index (κ2) is 4.76. The number of hydrogen-bond acceptors (Lipinski definition) is 3. The van der Waals surface area contributed by atoms with E-state index in [1.165, 1.54) is 0 Å². The summed E-state index contributed by atoms with van der Waals surface area (Å²) in [7, 11) is 0. The molecule has 2 heterocycles. The van der Waals surface area contributed by atoms with E-state index in [9.17, 15) is 4.79 Å². The lowest BCUT2D eigenvalue weighted by Gasteiger charge is -2.24. The van der Waals surface area contributed by atoms with Crippen molar-refractivity contribution in [3.63, 3.8) is 0 Å². The maximum absolute atomic E-state index is 12.3. The van der Waals surface area contributed by atoms with Gasteiger partial charge in [0.2, 0.25) is 5.91 Å². The highest BCUT2D eigenvalue weighted by Gasteiger charge is 2.62. The van der Waals surface area contributed by atoms with Gasteiger partial charge in [0.1, 0.15) is 11.9 Å². The molecule has 1 aromatic rings. The third-order valence-corrected chi connectivity index (χ3v) is 4.91. The van der Waals surface area contributed by atoms with Crippen molar-refractivity contribution in [1.82, 2.24) is 9.88 Å². The maximum Gasteiger partial charge on any atom is 0.226 e. The third-order valence-electron chi connectivity index (χ3n) is 4.91. The maximum atomic E-state index is 12.3. The SMILES string of the molecule is C[C@H](CC(=O)N1CC2C(C1)C2(C)C)Oc1cccnc1. The van der Waals surface area contributed by atoms with Gasteiger partial charge in [-0.2, -0.15) is 0 Å². The van der Waals surface area contributed by atoms with Gasteiger partial charge in [0, 0.05) is 19.3 Å². The van der Waals surface area contributed by atoms with Crippen molar-refractivity contribution < 1.29 is 9.53 Å². The molecule has 108 valence electrons. The quantitative estimate of drug-likeness (QED) is 0.846. The fourth-order valence-corrected chi connectivity index (χ4v) is 3.40. The molecule has 1 saturated heterocycles. The molecule has 4 heteroatoms. The predicted molar refractivity (Wildman–Crippen MR) is 76.3 cm³/mol. The van der Waals surface area contributed by atoms with Gasteiger partial charge in [-0.3, -0.25) is 9.78 Å². The average Bonchev–Trinajstić information content (AvgIpc) is 2.80. The average molecular weight is 274 g/mol. The second-order valence-electron chi connectivity index (χ2n) is 6.65. The first kappa shape index (κ1) is 13.4. The molecular formula is C16H22N2O2. The molecule has 1 aromatic heterocycles. The van der Waals surface area contributed by atoms with Crippen LogP contribution in [0.25, 0.3) is 0 Å². The summed E-state index contributed by atoms with van der Waals surface area (Å²) >= 11 is 0. The van der Waals surface area contributed by atoms with Crippen molar-refractivity contribution in [2.24, 2.45) is 17.3 Å². The van der Waals surface area contributed by atoms with Crippen LogP contribution in [0.5, 0.6) is 5.75 Å². The fourth-order valence-electron chi connectivity index (χ4n) is 3.40. The highest BCUT2D eigenvalue weighted by Crippen LogP contribution is 2.61. The molecule has 4 nitrogen and oxygen atoms in total. The Labute approximate surface area is 120 Å². The first-order valence-electron chi connectivity index (χ1n) is 7.33. The Bertz CT molecular complexity index is 486. The lowest BCUT2D eigenvalue weighted by atomic mass is 10.1. The number of nitrogens with zero attached hydrogens (tertiary/aromatic N) is 2. The fraction of sp³-hybridized carbons (Fsp3) is 0.625. The Morgan fingerprint density at radius 1 is 1.50 bits per heavy atom. The van der Waals surface area contributed by atoms with Crippen molar-refractivity contribution in [2.75, 3.05) is 13.1 Å². The number of aromatic nitrogens is 1. The monoisotopic (exact) mass is 274 g/mol. The van der Waals surface area contributed by atoms with Gasteiger partial charge in [0.15, 0.2) is 0 Å². The van der Waals surface area contributed by atoms with E-state index in [0.29, 0.717) is 23.7 Å². The molecule has 2 fully saturated rings. The van der Waals surface area contributed by atoms with Crippen LogP contribution in [0.2, 0.25) is 0 Å². The van der Waals surface area contributed by atoms with Crippen molar-refractivity contribution in [3.8, 4) is 5.75 Å². The number of rotatable bonds is 4. The van der Waals surface area contributed by atoms with Gasteiger partial charge >= 0.3 is 0 Å². The zero-order valence-corrected chi connectivity index (χ0v) is 12.4. The van der Waals surface area contributed by atoms with Crippen LogP contribution in [-0.4, -0.2) is 35.0 Å². The highest BCUT2D eigenvalue weighted by atomic mass is 16.5. The largest absolute Gasteiger partial charge is 0.489 e. The Kier molecular flexibility index (Phi) is 3.19. The molecule has 0 aromatic carbocycles. The summed E-state index contributed by atoms with van der Waals surface area (Å²) in [6, 6.07) is 3.70. The smallest absolute Gasteiger partial charge is 0.226 e.